The van der Waals surface area contributed by atoms with E-state index in [2.05, 4.69) is 15.4 Å². The van der Waals surface area contributed by atoms with Gasteiger partial charge in [0, 0.05) is 43.2 Å². The van der Waals surface area contributed by atoms with Crippen LogP contribution in [0.4, 0.5) is 5.69 Å². The first kappa shape index (κ1) is 21.9. The zero-order chi connectivity index (χ0) is 24.0. The SMILES string of the molecule is CC(C)Cn1c(O)c(C(=O)NC2CC2)c(=O)n2ncc(C=CC(=O)N3CCc4cnccc43)c12. The lowest BCUT2D eigenvalue weighted by molar-refractivity contribution is -0.114. The van der Waals surface area contributed by atoms with Crippen LogP contribution in [0.3, 0.4) is 0 Å². The highest BCUT2D eigenvalue weighted by Gasteiger charge is 2.30. The number of carbonyl (C=O) groups excluding carboxylic acids is 2. The van der Waals surface area contributed by atoms with Crippen LogP contribution in [0.5, 0.6) is 5.88 Å². The summed E-state index contributed by atoms with van der Waals surface area (Å²) in [6, 6.07) is 1.85. The zero-order valence-electron chi connectivity index (χ0n) is 19.1. The molecule has 2 N–H and O–H groups in total. The molecule has 10 nitrogen and oxygen atoms in total. The van der Waals surface area contributed by atoms with E-state index in [0.29, 0.717) is 24.3 Å². The lowest BCUT2D eigenvalue weighted by Gasteiger charge is -2.17. The number of pyridine rings is 1. The Morgan fingerprint density at radius 2 is 2.09 bits per heavy atom. The summed E-state index contributed by atoms with van der Waals surface area (Å²) in [6.07, 6.45) is 10.4. The van der Waals surface area contributed by atoms with E-state index in [0.717, 1.165) is 35.0 Å². The largest absolute Gasteiger partial charge is 0.494 e. The van der Waals surface area contributed by atoms with E-state index in [1.54, 1.807) is 23.4 Å². The molecule has 3 aromatic rings. The molecule has 10 heteroatoms. The normalized spacial score (nSPS) is 15.4. The van der Waals surface area contributed by atoms with Crippen molar-refractivity contribution in [2.24, 2.45) is 5.92 Å². The highest BCUT2D eigenvalue weighted by molar-refractivity contribution is 6.05. The van der Waals surface area contributed by atoms with Gasteiger partial charge in [0.25, 0.3) is 17.4 Å². The molecule has 176 valence electrons. The van der Waals surface area contributed by atoms with Crippen LogP contribution in [-0.2, 0) is 17.8 Å². The second-order valence-corrected chi connectivity index (χ2v) is 9.17. The van der Waals surface area contributed by atoms with E-state index >= 15 is 0 Å². The molecule has 34 heavy (non-hydrogen) atoms. The van der Waals surface area contributed by atoms with Gasteiger partial charge in [-0.05, 0) is 42.9 Å². The zero-order valence-corrected chi connectivity index (χ0v) is 19.1. The Morgan fingerprint density at radius 3 is 2.82 bits per heavy atom. The van der Waals surface area contributed by atoms with Crippen molar-refractivity contribution in [3.8, 4) is 5.88 Å². The van der Waals surface area contributed by atoms with Gasteiger partial charge in [-0.25, -0.2) is 0 Å². The predicted octanol–water partition coefficient (Wildman–Crippen LogP) is 1.75. The first-order chi connectivity index (χ1) is 16.3. The fraction of sp³-hybridized carbons (Fsp3) is 0.375. The summed E-state index contributed by atoms with van der Waals surface area (Å²) in [6.45, 7) is 4.85. The van der Waals surface area contributed by atoms with E-state index in [1.165, 1.54) is 16.8 Å². The Bertz CT molecular complexity index is 1380. The van der Waals surface area contributed by atoms with Crippen molar-refractivity contribution >= 4 is 29.2 Å². The molecule has 1 fully saturated rings. The molecular weight excluding hydrogens is 436 g/mol. The average Bonchev–Trinajstić information content (AvgIpc) is 3.34. The molecule has 0 aromatic carbocycles. The highest BCUT2D eigenvalue weighted by atomic mass is 16.3. The topological polar surface area (TPSA) is 122 Å². The number of rotatable bonds is 6. The smallest absolute Gasteiger partial charge is 0.291 e. The third kappa shape index (κ3) is 3.85. The maximum absolute atomic E-state index is 13.1. The average molecular weight is 463 g/mol. The van der Waals surface area contributed by atoms with Gasteiger partial charge in [0.15, 0.2) is 5.56 Å². The molecule has 0 spiro atoms. The second-order valence-electron chi connectivity index (χ2n) is 9.17. The number of hydrogen-bond donors (Lipinski definition) is 2. The van der Waals surface area contributed by atoms with Crippen LogP contribution in [0, 0.1) is 5.92 Å². The number of amides is 2. The monoisotopic (exact) mass is 462 g/mol. The Kier molecular flexibility index (Phi) is 5.43. The quantitative estimate of drug-likeness (QED) is 0.538. The molecular formula is C24H26N6O4. The summed E-state index contributed by atoms with van der Waals surface area (Å²) in [5.41, 5.74) is 1.66. The minimum absolute atomic E-state index is 0.0363. The molecule has 2 aliphatic rings. The molecule has 0 unspecified atom stereocenters. The Balaban J connectivity index is 1.54. The fourth-order valence-corrected chi connectivity index (χ4v) is 4.26. The molecule has 5 rings (SSSR count). The summed E-state index contributed by atoms with van der Waals surface area (Å²) in [7, 11) is 0. The summed E-state index contributed by atoms with van der Waals surface area (Å²) in [5, 5.41) is 17.9. The number of aromatic hydroxyl groups is 1. The van der Waals surface area contributed by atoms with Gasteiger partial charge in [-0.2, -0.15) is 9.61 Å². The minimum atomic E-state index is -0.697. The number of anilines is 1. The third-order valence-electron chi connectivity index (χ3n) is 6.04. The first-order valence-electron chi connectivity index (χ1n) is 11.4. The predicted molar refractivity (Wildman–Crippen MR) is 126 cm³/mol. The number of aromatic nitrogens is 4. The maximum Gasteiger partial charge on any atom is 0.291 e. The van der Waals surface area contributed by atoms with Crippen molar-refractivity contribution < 1.29 is 14.7 Å². The molecule has 4 heterocycles. The Hall–Kier alpha value is -3.95. The van der Waals surface area contributed by atoms with Gasteiger partial charge >= 0.3 is 0 Å². The van der Waals surface area contributed by atoms with Crippen LogP contribution in [0.25, 0.3) is 11.7 Å². The van der Waals surface area contributed by atoms with Crippen LogP contribution in [0.1, 0.15) is 48.2 Å². The van der Waals surface area contributed by atoms with Gasteiger partial charge in [0.05, 0.1) is 11.9 Å². The van der Waals surface area contributed by atoms with Crippen molar-refractivity contribution in [2.45, 2.75) is 45.7 Å². The van der Waals surface area contributed by atoms with Crippen molar-refractivity contribution in [1.82, 2.24) is 24.5 Å². The van der Waals surface area contributed by atoms with Crippen molar-refractivity contribution in [2.75, 3.05) is 11.4 Å². The number of nitrogens with one attached hydrogen (secondary N) is 1. The minimum Gasteiger partial charge on any atom is -0.494 e. The van der Waals surface area contributed by atoms with Crippen LogP contribution >= 0.6 is 0 Å². The summed E-state index contributed by atoms with van der Waals surface area (Å²) in [5.74, 6) is -1.09. The molecule has 1 aliphatic heterocycles. The molecule has 0 bridgehead atoms. The van der Waals surface area contributed by atoms with E-state index in [1.807, 2.05) is 19.9 Å². The van der Waals surface area contributed by atoms with E-state index in [4.69, 9.17) is 0 Å². The van der Waals surface area contributed by atoms with Crippen molar-refractivity contribution in [1.29, 1.82) is 0 Å². The maximum atomic E-state index is 13.1. The Morgan fingerprint density at radius 1 is 1.29 bits per heavy atom. The van der Waals surface area contributed by atoms with Crippen LogP contribution < -0.4 is 15.8 Å². The molecule has 3 aromatic heterocycles. The van der Waals surface area contributed by atoms with Crippen molar-refractivity contribution in [3.05, 3.63) is 57.8 Å². The lowest BCUT2D eigenvalue weighted by Crippen LogP contribution is -2.34. The van der Waals surface area contributed by atoms with Gasteiger partial charge in [-0.1, -0.05) is 13.8 Å². The van der Waals surface area contributed by atoms with Crippen LogP contribution in [0.2, 0.25) is 0 Å². The summed E-state index contributed by atoms with van der Waals surface area (Å²) >= 11 is 0. The number of carbonyl (C=O) groups is 2. The number of hydrogen-bond acceptors (Lipinski definition) is 6. The van der Waals surface area contributed by atoms with Gasteiger partial charge < -0.3 is 15.3 Å². The van der Waals surface area contributed by atoms with E-state index < -0.39 is 17.3 Å². The number of fused-ring (bicyclic) bond motifs is 2. The second kappa shape index (κ2) is 8.44. The van der Waals surface area contributed by atoms with Gasteiger partial charge in [0.2, 0.25) is 5.88 Å². The summed E-state index contributed by atoms with van der Waals surface area (Å²) < 4.78 is 2.63. The molecule has 0 radical (unpaired) electrons. The molecule has 0 saturated heterocycles. The van der Waals surface area contributed by atoms with Crippen molar-refractivity contribution in [3.63, 3.8) is 0 Å². The third-order valence-corrected chi connectivity index (χ3v) is 6.04. The standard InChI is InChI=1S/C24H26N6O4/c1-14(2)13-29-22-16(3-6-19(31)28-10-8-15-11-25-9-7-18(15)28)12-26-30(22)24(34)20(23(29)33)21(32)27-17-4-5-17/h3,6-7,9,11-12,14,17,33H,4-5,8,10,13H2,1-2H3,(H,27,32). The molecule has 1 saturated carbocycles. The van der Waals surface area contributed by atoms with E-state index in [-0.39, 0.29) is 23.4 Å². The lowest BCUT2D eigenvalue weighted by atomic mass is 10.2. The number of nitrogens with zero attached hydrogens (tertiary/aromatic N) is 5. The van der Waals surface area contributed by atoms with E-state index in [9.17, 15) is 19.5 Å². The highest BCUT2D eigenvalue weighted by Crippen LogP contribution is 2.28. The van der Waals surface area contributed by atoms with Crippen LogP contribution in [0.15, 0.2) is 35.5 Å². The fourth-order valence-electron chi connectivity index (χ4n) is 4.26. The summed E-state index contributed by atoms with van der Waals surface area (Å²) in [4.78, 5) is 44.5. The molecule has 0 atom stereocenters. The van der Waals surface area contributed by atoms with Gasteiger partial charge in [-0.15, -0.1) is 0 Å². The first-order valence-corrected chi connectivity index (χ1v) is 11.4. The molecule has 1 aliphatic carbocycles. The van der Waals surface area contributed by atoms with Gasteiger partial charge in [0.1, 0.15) is 5.65 Å². The Labute approximate surface area is 195 Å². The molecule has 2 amide bonds. The van der Waals surface area contributed by atoms with Crippen LogP contribution in [-0.4, -0.2) is 48.7 Å². The van der Waals surface area contributed by atoms with Gasteiger partial charge in [-0.3, -0.25) is 23.9 Å².